The van der Waals surface area contributed by atoms with E-state index in [9.17, 15) is 9.59 Å². The van der Waals surface area contributed by atoms with Crippen molar-refractivity contribution in [1.29, 1.82) is 0 Å². The van der Waals surface area contributed by atoms with Gasteiger partial charge in [0.15, 0.2) is 0 Å². The van der Waals surface area contributed by atoms with Gasteiger partial charge in [-0.1, -0.05) is 33.8 Å². The summed E-state index contributed by atoms with van der Waals surface area (Å²) in [4.78, 5) is 19.9. The van der Waals surface area contributed by atoms with Gasteiger partial charge in [0.2, 0.25) is 0 Å². The van der Waals surface area contributed by atoms with Crippen molar-refractivity contribution in [2.45, 2.75) is 53.4 Å². The van der Waals surface area contributed by atoms with Gasteiger partial charge in [-0.25, -0.2) is 0 Å². The molecule has 0 spiro atoms. The molecule has 0 heterocycles. The van der Waals surface area contributed by atoms with Gasteiger partial charge in [-0.2, -0.15) is 0 Å². The van der Waals surface area contributed by atoms with Gasteiger partial charge in [0, 0.05) is 13.3 Å². The number of rotatable bonds is 5. The molecule has 0 aliphatic heterocycles. The lowest BCUT2D eigenvalue weighted by atomic mass is 9.89. The van der Waals surface area contributed by atoms with Crippen LogP contribution in [0.1, 0.15) is 53.4 Å². The van der Waals surface area contributed by atoms with Crippen LogP contribution in [0.2, 0.25) is 0 Å². The molecule has 0 aliphatic rings. The Bertz CT molecular complexity index is 238. The van der Waals surface area contributed by atoms with E-state index in [1.54, 1.807) is 0 Å². The zero-order valence-corrected chi connectivity index (χ0v) is 11.3. The lowest BCUT2D eigenvalue weighted by molar-refractivity contribution is -0.137. The molecule has 0 bridgehead atoms. The van der Waals surface area contributed by atoms with Gasteiger partial charge in [-0.15, -0.1) is 0 Å². The normalized spacial score (nSPS) is 9.88. The highest BCUT2D eigenvalue weighted by Crippen LogP contribution is 2.21. The highest BCUT2D eigenvalue weighted by molar-refractivity contribution is 5.66. The number of aliphatic carboxylic acids is 1. The quantitative estimate of drug-likeness (QED) is 0.457. The molecule has 17 heavy (non-hydrogen) atoms. The van der Waals surface area contributed by atoms with Crippen LogP contribution < -0.4 is 0 Å². The van der Waals surface area contributed by atoms with Crippen molar-refractivity contribution in [2.24, 2.45) is 5.41 Å². The van der Waals surface area contributed by atoms with Crippen molar-refractivity contribution >= 4 is 11.9 Å². The first-order valence-corrected chi connectivity index (χ1v) is 5.69. The summed E-state index contributed by atoms with van der Waals surface area (Å²) in [6.07, 6.45) is 4.36. The largest absolute Gasteiger partial charge is 0.481 e. The number of ether oxygens (including phenoxy) is 1. The minimum atomic E-state index is -0.682. The van der Waals surface area contributed by atoms with Gasteiger partial charge in [0.25, 0.3) is 0 Å². The van der Waals surface area contributed by atoms with Crippen LogP contribution in [0.25, 0.3) is 0 Å². The van der Waals surface area contributed by atoms with Crippen LogP contribution in [-0.4, -0.2) is 17.0 Å². The van der Waals surface area contributed by atoms with E-state index < -0.39 is 5.97 Å². The van der Waals surface area contributed by atoms with Crippen LogP contribution in [-0.2, 0) is 14.3 Å². The van der Waals surface area contributed by atoms with E-state index in [0.29, 0.717) is 11.8 Å². The van der Waals surface area contributed by atoms with Gasteiger partial charge in [0.05, 0.1) is 6.26 Å². The standard InChI is InChI=1S/C9H18O2.C4H6O2/c1-9(2,3)7-5-4-6-8(10)11;1-3-6-4(2)5/h4-7H2,1-3H3,(H,10,11);3H,1H2,2H3. The van der Waals surface area contributed by atoms with Gasteiger partial charge in [0.1, 0.15) is 0 Å². The Kier molecular flexibility index (Phi) is 10.5. The lowest BCUT2D eigenvalue weighted by Crippen LogP contribution is -2.04. The second-order valence-corrected chi connectivity index (χ2v) is 4.94. The zero-order valence-electron chi connectivity index (χ0n) is 11.3. The molecule has 0 unspecified atom stereocenters. The average molecular weight is 244 g/mol. The molecule has 0 aromatic rings. The first-order valence-electron chi connectivity index (χ1n) is 5.69. The number of esters is 1. The maximum atomic E-state index is 10.1. The monoisotopic (exact) mass is 244 g/mol. The molecule has 0 aromatic heterocycles. The Hall–Kier alpha value is -1.32. The smallest absolute Gasteiger partial charge is 0.307 e. The van der Waals surface area contributed by atoms with Crippen molar-refractivity contribution in [3.05, 3.63) is 12.8 Å². The zero-order chi connectivity index (χ0) is 13.9. The molecule has 0 aliphatic carbocycles. The minimum absolute atomic E-state index is 0.316. The van der Waals surface area contributed by atoms with E-state index in [-0.39, 0.29) is 5.97 Å². The molecule has 0 rings (SSSR count). The number of carbonyl (C=O) groups is 2. The highest BCUT2D eigenvalue weighted by atomic mass is 16.5. The van der Waals surface area contributed by atoms with Gasteiger partial charge in [-0.05, 0) is 18.3 Å². The molecule has 0 saturated carbocycles. The molecular formula is C13H24O4. The Morgan fingerprint density at radius 1 is 1.29 bits per heavy atom. The van der Waals surface area contributed by atoms with Crippen LogP contribution >= 0.6 is 0 Å². The molecule has 0 fully saturated rings. The number of carbonyl (C=O) groups excluding carboxylic acids is 1. The molecule has 0 radical (unpaired) electrons. The van der Waals surface area contributed by atoms with E-state index in [2.05, 4.69) is 32.1 Å². The summed E-state index contributed by atoms with van der Waals surface area (Å²) >= 11 is 0. The second kappa shape index (κ2) is 9.87. The van der Waals surface area contributed by atoms with Crippen molar-refractivity contribution in [3.63, 3.8) is 0 Å². The van der Waals surface area contributed by atoms with Crippen LogP contribution in [0.5, 0.6) is 0 Å². The van der Waals surface area contributed by atoms with Crippen molar-refractivity contribution in [1.82, 2.24) is 0 Å². The molecule has 0 aromatic carbocycles. The molecule has 0 amide bonds. The summed E-state index contributed by atoms with van der Waals surface area (Å²) in [6.45, 7) is 11.0. The molecule has 0 saturated heterocycles. The SMILES string of the molecule is C=COC(C)=O.CC(C)(C)CCCCC(=O)O. The molecule has 1 N–H and O–H groups in total. The third kappa shape index (κ3) is 25.2. The third-order valence-corrected chi connectivity index (χ3v) is 1.82. The summed E-state index contributed by atoms with van der Waals surface area (Å²) in [7, 11) is 0. The molecule has 4 heteroatoms. The predicted octanol–water partition coefficient (Wildman–Crippen LogP) is 3.37. The molecule has 100 valence electrons. The summed E-state index contributed by atoms with van der Waals surface area (Å²) < 4.78 is 4.17. The fraction of sp³-hybridized carbons (Fsp3) is 0.692. The lowest BCUT2D eigenvalue weighted by Gasteiger charge is -2.16. The number of unbranched alkanes of at least 4 members (excludes halogenated alkanes) is 1. The van der Waals surface area contributed by atoms with Gasteiger partial charge < -0.3 is 9.84 Å². The molecule has 0 atom stereocenters. The van der Waals surface area contributed by atoms with Crippen LogP contribution in [0.4, 0.5) is 0 Å². The van der Waals surface area contributed by atoms with E-state index in [0.717, 1.165) is 25.5 Å². The number of carboxylic acid groups (broad SMARTS) is 1. The van der Waals surface area contributed by atoms with E-state index in [1.165, 1.54) is 6.92 Å². The Morgan fingerprint density at radius 3 is 2.06 bits per heavy atom. The van der Waals surface area contributed by atoms with E-state index in [1.807, 2.05) is 0 Å². The summed E-state index contributed by atoms with van der Waals surface area (Å²) in [5.41, 5.74) is 0.346. The highest BCUT2D eigenvalue weighted by Gasteiger charge is 2.09. The fourth-order valence-electron chi connectivity index (χ4n) is 1.05. The second-order valence-electron chi connectivity index (χ2n) is 4.94. The average Bonchev–Trinajstić information content (AvgIpc) is 2.11. The number of hydrogen-bond donors (Lipinski definition) is 1. The van der Waals surface area contributed by atoms with Gasteiger partial charge in [-0.3, -0.25) is 9.59 Å². The van der Waals surface area contributed by atoms with E-state index >= 15 is 0 Å². The summed E-state index contributed by atoms with van der Waals surface area (Å²) in [6, 6.07) is 0. The molecular weight excluding hydrogens is 220 g/mol. The Labute approximate surface area is 104 Å². The van der Waals surface area contributed by atoms with Crippen LogP contribution in [0.15, 0.2) is 12.8 Å². The maximum absolute atomic E-state index is 10.1. The van der Waals surface area contributed by atoms with Gasteiger partial charge >= 0.3 is 11.9 Å². The van der Waals surface area contributed by atoms with Crippen LogP contribution in [0.3, 0.4) is 0 Å². The number of hydrogen-bond acceptors (Lipinski definition) is 3. The van der Waals surface area contributed by atoms with Crippen molar-refractivity contribution in [3.8, 4) is 0 Å². The topological polar surface area (TPSA) is 63.6 Å². The summed E-state index contributed by atoms with van der Waals surface area (Å²) in [5, 5.41) is 8.34. The fourth-order valence-corrected chi connectivity index (χ4v) is 1.05. The predicted molar refractivity (Wildman–Crippen MR) is 67.5 cm³/mol. The van der Waals surface area contributed by atoms with Crippen LogP contribution in [0, 0.1) is 5.41 Å². The van der Waals surface area contributed by atoms with Crippen molar-refractivity contribution in [2.75, 3.05) is 0 Å². The summed E-state index contributed by atoms with van der Waals surface area (Å²) in [5.74, 6) is -1.01. The number of carboxylic acids is 1. The minimum Gasteiger partial charge on any atom is -0.481 e. The first kappa shape index (κ1) is 18.1. The first-order chi connectivity index (χ1) is 7.69. The van der Waals surface area contributed by atoms with Crippen molar-refractivity contribution < 1.29 is 19.4 Å². The van der Waals surface area contributed by atoms with E-state index in [4.69, 9.17) is 5.11 Å². The Morgan fingerprint density at radius 2 is 1.82 bits per heavy atom. The third-order valence-electron chi connectivity index (χ3n) is 1.82. The maximum Gasteiger partial charge on any atom is 0.307 e. The molecule has 4 nitrogen and oxygen atoms in total. The Balaban J connectivity index is 0.